The van der Waals surface area contributed by atoms with Crippen molar-refractivity contribution in [3.8, 4) is 0 Å². The number of aliphatic hydroxyl groups is 1. The van der Waals surface area contributed by atoms with Crippen LogP contribution in [0.15, 0.2) is 24.3 Å². The van der Waals surface area contributed by atoms with Crippen LogP contribution < -0.4 is 16.0 Å². The molecule has 8 atom stereocenters. The number of carbonyl (C=O) groups excluding carboxylic acids is 7. The van der Waals surface area contributed by atoms with E-state index in [0.29, 0.717) is 54.0 Å². The quantitative estimate of drug-likeness (QED) is 0.230. The molecule has 1 saturated carbocycles. The Morgan fingerprint density at radius 1 is 1.00 bits per heavy atom. The standard InChI is InChI=1S/C43H62ClF4N7O8/c1-8-12-29-38(59)52(5)18-10-9-15-31(35(56)50-30(19-24(2)3)39(60)54(7)32(36(57)49-29)21-25-13-11-14-27(44)20-25)53(6)40(61)34(26-16-17-26)51-37(58)33-22-28(45)23-55(33)41(62)42(4,63)43(46,47)48/h11,13-14,20,24,26,28-34,63H,8-10,12,15-19,21-23H2,1-7H3,(H,49,57)(H,50,56)(H,51,58)/t28-,29-,30+,31+,32+,33+,34+,42-/m1/s1. The lowest BCUT2D eigenvalue weighted by Gasteiger charge is -2.36. The summed E-state index contributed by atoms with van der Waals surface area (Å²) in [5.74, 6) is -6.60. The Labute approximate surface area is 370 Å². The number of nitrogens with zero attached hydrogens (tertiary/aromatic N) is 4. The molecule has 2 saturated heterocycles. The first kappa shape index (κ1) is 51.1. The van der Waals surface area contributed by atoms with Gasteiger partial charge >= 0.3 is 6.18 Å². The fraction of sp³-hybridized carbons (Fsp3) is 0.698. The number of likely N-dealkylation sites (N-methyl/N-ethyl adjacent to an activating group) is 3. The Morgan fingerprint density at radius 2 is 1.65 bits per heavy atom. The third-order valence-electron chi connectivity index (χ3n) is 12.1. The van der Waals surface area contributed by atoms with Gasteiger partial charge in [-0.05, 0) is 81.4 Å². The van der Waals surface area contributed by atoms with Crippen LogP contribution >= 0.6 is 11.6 Å². The zero-order chi connectivity index (χ0) is 47.1. The lowest BCUT2D eigenvalue weighted by Crippen LogP contribution is -2.61. The summed E-state index contributed by atoms with van der Waals surface area (Å²) in [5, 5.41) is 18.7. The molecule has 0 radical (unpaired) electrons. The van der Waals surface area contributed by atoms with Crippen LogP contribution in [0.5, 0.6) is 0 Å². The molecular formula is C43H62ClF4N7O8. The van der Waals surface area contributed by atoms with Gasteiger partial charge in [0.05, 0.1) is 6.54 Å². The van der Waals surface area contributed by atoms with E-state index in [1.165, 1.54) is 23.9 Å². The molecule has 4 rings (SSSR count). The van der Waals surface area contributed by atoms with Gasteiger partial charge in [-0.15, -0.1) is 0 Å². The number of halogens is 5. The summed E-state index contributed by atoms with van der Waals surface area (Å²) in [4.78, 5) is 102. The minimum absolute atomic E-state index is 0.0222. The van der Waals surface area contributed by atoms with Crippen molar-refractivity contribution in [2.45, 2.75) is 146 Å². The van der Waals surface area contributed by atoms with Crippen molar-refractivity contribution in [2.75, 3.05) is 34.2 Å². The number of amides is 7. The summed E-state index contributed by atoms with van der Waals surface area (Å²) in [6.07, 6.45) is -5.28. The number of benzene rings is 1. The van der Waals surface area contributed by atoms with Gasteiger partial charge in [0.25, 0.3) is 5.91 Å². The van der Waals surface area contributed by atoms with Gasteiger partial charge in [-0.1, -0.05) is 50.9 Å². The Bertz CT molecular complexity index is 1850. The van der Waals surface area contributed by atoms with Gasteiger partial charge in [-0.3, -0.25) is 33.6 Å². The maximum Gasteiger partial charge on any atom is 0.426 e. The minimum atomic E-state index is -5.43. The molecule has 3 fully saturated rings. The van der Waals surface area contributed by atoms with Gasteiger partial charge < -0.3 is 40.7 Å². The van der Waals surface area contributed by atoms with Crippen LogP contribution in [-0.2, 0) is 40.0 Å². The maximum absolute atomic E-state index is 14.7. The first-order valence-electron chi connectivity index (χ1n) is 21.6. The second kappa shape index (κ2) is 21.4. The average molecular weight is 916 g/mol. The van der Waals surface area contributed by atoms with Crippen molar-refractivity contribution in [1.29, 1.82) is 0 Å². The number of hydrogen-bond donors (Lipinski definition) is 4. The Hall–Kier alpha value is -4.52. The van der Waals surface area contributed by atoms with E-state index < -0.39 is 109 Å². The molecule has 0 spiro atoms. The van der Waals surface area contributed by atoms with E-state index in [1.54, 1.807) is 31.3 Å². The van der Waals surface area contributed by atoms with Crippen molar-refractivity contribution in [3.63, 3.8) is 0 Å². The third kappa shape index (κ3) is 12.8. The van der Waals surface area contributed by atoms with Crippen LogP contribution in [0.3, 0.4) is 0 Å². The molecule has 0 aromatic heterocycles. The van der Waals surface area contributed by atoms with E-state index in [1.807, 2.05) is 20.8 Å². The molecule has 0 unspecified atom stereocenters. The molecule has 2 heterocycles. The van der Waals surface area contributed by atoms with Crippen molar-refractivity contribution in [2.24, 2.45) is 11.8 Å². The fourth-order valence-electron chi connectivity index (χ4n) is 8.12. The highest BCUT2D eigenvalue weighted by atomic mass is 35.5. The number of alkyl halides is 4. The fourth-order valence-corrected chi connectivity index (χ4v) is 8.34. The summed E-state index contributed by atoms with van der Waals surface area (Å²) in [6.45, 7) is 5.13. The predicted octanol–water partition coefficient (Wildman–Crippen LogP) is 3.14. The number of carbonyl (C=O) groups is 7. The van der Waals surface area contributed by atoms with E-state index in [0.717, 1.165) is 4.90 Å². The number of nitrogens with one attached hydrogen (secondary N) is 3. The first-order valence-corrected chi connectivity index (χ1v) is 21.9. The molecule has 1 aromatic rings. The van der Waals surface area contributed by atoms with Crippen molar-refractivity contribution >= 4 is 53.0 Å². The van der Waals surface area contributed by atoms with Gasteiger partial charge in [0.2, 0.25) is 41.0 Å². The Morgan fingerprint density at radius 3 is 2.24 bits per heavy atom. The van der Waals surface area contributed by atoms with Crippen LogP contribution in [0.25, 0.3) is 0 Å². The molecule has 1 aliphatic carbocycles. The van der Waals surface area contributed by atoms with Crippen molar-refractivity contribution in [1.82, 2.24) is 35.6 Å². The molecular weight excluding hydrogens is 854 g/mol. The van der Waals surface area contributed by atoms with Crippen LogP contribution in [0.2, 0.25) is 5.02 Å². The summed E-state index contributed by atoms with van der Waals surface area (Å²) in [6, 6.07) is -0.763. The van der Waals surface area contributed by atoms with Gasteiger partial charge in [0, 0.05) is 45.6 Å². The van der Waals surface area contributed by atoms with Gasteiger partial charge in [-0.25, -0.2) is 4.39 Å². The molecule has 0 bridgehead atoms. The zero-order valence-electron chi connectivity index (χ0n) is 37.0. The van der Waals surface area contributed by atoms with E-state index in [2.05, 4.69) is 16.0 Å². The van der Waals surface area contributed by atoms with Gasteiger partial charge in [0.15, 0.2) is 0 Å². The normalized spacial score (nSPS) is 26.2. The molecule has 352 valence electrons. The molecule has 4 N–H and O–H groups in total. The highest BCUT2D eigenvalue weighted by Gasteiger charge is 2.59. The van der Waals surface area contributed by atoms with Crippen LogP contribution in [0.4, 0.5) is 17.6 Å². The highest BCUT2D eigenvalue weighted by molar-refractivity contribution is 6.30. The van der Waals surface area contributed by atoms with E-state index in [9.17, 15) is 56.2 Å². The lowest BCUT2D eigenvalue weighted by atomic mass is 9.98. The molecule has 20 heteroatoms. The van der Waals surface area contributed by atoms with Crippen LogP contribution in [0, 0.1) is 11.8 Å². The van der Waals surface area contributed by atoms with Crippen molar-refractivity contribution < 1.29 is 56.2 Å². The summed E-state index contributed by atoms with van der Waals surface area (Å²) < 4.78 is 55.5. The predicted molar refractivity (Wildman–Crippen MR) is 224 cm³/mol. The second-order valence-electron chi connectivity index (χ2n) is 17.8. The van der Waals surface area contributed by atoms with Crippen LogP contribution in [-0.4, -0.2) is 154 Å². The first-order chi connectivity index (χ1) is 29.4. The third-order valence-corrected chi connectivity index (χ3v) is 12.3. The number of hydrogen-bond acceptors (Lipinski definition) is 8. The topological polar surface area (TPSA) is 189 Å². The van der Waals surface area contributed by atoms with E-state index >= 15 is 0 Å². The SMILES string of the molecule is CCC[C@H]1NC(=O)[C@H](Cc2cccc(Cl)c2)N(C)C(=O)[C@H](CC(C)C)NC(=O)[C@@H](N(C)C(=O)[C@@H](NC(=O)[C@@H]2C[C@@H](F)CN2C(=O)[C@@](C)(O)C(F)(F)F)C2CC2)CCCCN(C)C1=O. The highest BCUT2D eigenvalue weighted by Crippen LogP contribution is 2.36. The molecule has 63 heavy (non-hydrogen) atoms. The van der Waals surface area contributed by atoms with Gasteiger partial charge in [0.1, 0.15) is 42.4 Å². The number of likely N-dealkylation sites (tertiary alicyclic amines) is 1. The maximum atomic E-state index is 14.7. The number of rotatable bonds is 12. The van der Waals surface area contributed by atoms with E-state index in [4.69, 9.17) is 11.6 Å². The Balaban J connectivity index is 1.67. The van der Waals surface area contributed by atoms with Gasteiger partial charge in [-0.2, -0.15) is 13.2 Å². The average Bonchev–Trinajstić information content (AvgIpc) is 3.98. The zero-order valence-corrected chi connectivity index (χ0v) is 37.7. The van der Waals surface area contributed by atoms with E-state index in [-0.39, 0.29) is 44.6 Å². The lowest BCUT2D eigenvalue weighted by molar-refractivity contribution is -0.250. The monoisotopic (exact) mass is 915 g/mol. The summed E-state index contributed by atoms with van der Waals surface area (Å²) in [7, 11) is 4.37. The van der Waals surface area contributed by atoms with Crippen molar-refractivity contribution in [3.05, 3.63) is 34.9 Å². The summed E-state index contributed by atoms with van der Waals surface area (Å²) in [5.41, 5.74) is -3.27. The molecule has 3 aliphatic rings. The smallest absolute Gasteiger partial charge is 0.373 e. The molecule has 7 amide bonds. The largest absolute Gasteiger partial charge is 0.426 e. The second-order valence-corrected chi connectivity index (χ2v) is 18.2. The molecule has 2 aliphatic heterocycles. The van der Waals surface area contributed by atoms with Crippen LogP contribution in [0.1, 0.15) is 91.0 Å². The summed E-state index contributed by atoms with van der Waals surface area (Å²) >= 11 is 6.28. The Kier molecular flexibility index (Phi) is 17.4. The minimum Gasteiger partial charge on any atom is -0.373 e. The molecule has 15 nitrogen and oxygen atoms in total. The molecule has 1 aromatic carbocycles.